The van der Waals surface area contributed by atoms with Gasteiger partial charge < -0.3 is 9.64 Å². The fourth-order valence-corrected chi connectivity index (χ4v) is 2.20. The van der Waals surface area contributed by atoms with Gasteiger partial charge in [0.1, 0.15) is 0 Å². The van der Waals surface area contributed by atoms with Crippen LogP contribution in [-0.2, 0) is 14.3 Å². The van der Waals surface area contributed by atoms with Gasteiger partial charge in [0.25, 0.3) is 0 Å². The average molecular weight is 255 g/mol. The average Bonchev–Trinajstić information content (AvgIpc) is 2.34. The highest BCUT2D eigenvalue weighted by Gasteiger charge is 2.29. The molecule has 0 aromatic carbocycles. The lowest BCUT2D eigenvalue weighted by Gasteiger charge is -2.32. The highest BCUT2D eigenvalue weighted by Crippen LogP contribution is 2.23. The van der Waals surface area contributed by atoms with E-state index in [1.807, 2.05) is 4.90 Å². The van der Waals surface area contributed by atoms with E-state index >= 15 is 0 Å². The van der Waals surface area contributed by atoms with Gasteiger partial charge in [-0.1, -0.05) is 20.8 Å². The summed E-state index contributed by atoms with van der Waals surface area (Å²) in [7, 11) is 1.41. The maximum Gasteiger partial charge on any atom is 0.310 e. The normalized spacial score (nSPS) is 20.7. The molecular formula is C14H25NO3. The Balaban J connectivity index is 2.46. The first kappa shape index (κ1) is 15.0. The zero-order valence-corrected chi connectivity index (χ0v) is 12.0. The summed E-state index contributed by atoms with van der Waals surface area (Å²) in [5.74, 6) is -0.163. The van der Waals surface area contributed by atoms with Crippen molar-refractivity contribution >= 4 is 11.9 Å². The Hall–Kier alpha value is -1.06. The molecule has 0 aromatic heterocycles. The van der Waals surface area contributed by atoms with Crippen LogP contribution in [0.1, 0.15) is 46.5 Å². The van der Waals surface area contributed by atoms with Crippen LogP contribution in [-0.4, -0.2) is 37.0 Å². The number of ether oxygens (including phenoxy) is 1. The van der Waals surface area contributed by atoms with Crippen LogP contribution in [0.4, 0.5) is 0 Å². The number of hydrogen-bond acceptors (Lipinski definition) is 3. The molecule has 1 rings (SSSR count). The summed E-state index contributed by atoms with van der Waals surface area (Å²) in [6.07, 6.45) is 3.17. The number of hydrogen-bond donors (Lipinski definition) is 0. The smallest absolute Gasteiger partial charge is 0.310 e. The SMILES string of the molecule is COC(=O)[C@H]1CCCN(C(=O)CCC(C)(C)C)C1. The minimum Gasteiger partial charge on any atom is -0.469 e. The summed E-state index contributed by atoms with van der Waals surface area (Å²) < 4.78 is 4.76. The molecule has 0 spiro atoms. The van der Waals surface area contributed by atoms with E-state index in [9.17, 15) is 9.59 Å². The standard InChI is InChI=1S/C14H25NO3/c1-14(2,3)8-7-12(16)15-9-5-6-11(10-15)13(17)18-4/h11H,5-10H2,1-4H3/t11-/m0/s1. The Bertz CT molecular complexity index is 307. The van der Waals surface area contributed by atoms with Gasteiger partial charge in [0.15, 0.2) is 0 Å². The summed E-state index contributed by atoms with van der Waals surface area (Å²) in [5, 5.41) is 0. The number of rotatable bonds is 3. The van der Waals surface area contributed by atoms with E-state index in [1.165, 1.54) is 7.11 Å². The highest BCUT2D eigenvalue weighted by molar-refractivity contribution is 5.78. The Labute approximate surface area is 110 Å². The summed E-state index contributed by atoms with van der Waals surface area (Å²) >= 11 is 0. The van der Waals surface area contributed by atoms with Crippen molar-refractivity contribution in [3.63, 3.8) is 0 Å². The molecule has 104 valence electrons. The largest absolute Gasteiger partial charge is 0.469 e. The number of carbonyl (C=O) groups is 2. The fraction of sp³-hybridized carbons (Fsp3) is 0.857. The van der Waals surface area contributed by atoms with Gasteiger partial charge in [0, 0.05) is 19.5 Å². The van der Waals surface area contributed by atoms with Crippen LogP contribution in [0.2, 0.25) is 0 Å². The van der Waals surface area contributed by atoms with Crippen LogP contribution in [0.3, 0.4) is 0 Å². The van der Waals surface area contributed by atoms with Crippen LogP contribution in [0, 0.1) is 11.3 Å². The number of piperidine rings is 1. The third-order valence-electron chi connectivity index (χ3n) is 3.40. The molecule has 0 aliphatic carbocycles. The van der Waals surface area contributed by atoms with Crippen molar-refractivity contribution in [2.75, 3.05) is 20.2 Å². The number of methoxy groups -OCH3 is 1. The summed E-state index contributed by atoms with van der Waals surface area (Å²) in [4.78, 5) is 25.4. The van der Waals surface area contributed by atoms with Crippen LogP contribution in [0.25, 0.3) is 0 Å². The Kier molecular flexibility index (Phi) is 5.17. The predicted octanol–water partition coefficient (Wildman–Crippen LogP) is 2.22. The Morgan fingerprint density at radius 3 is 2.56 bits per heavy atom. The molecule has 1 saturated heterocycles. The van der Waals surface area contributed by atoms with E-state index in [4.69, 9.17) is 4.74 Å². The molecule has 0 radical (unpaired) electrons. The second-order valence-corrected chi connectivity index (χ2v) is 6.26. The first-order chi connectivity index (χ1) is 8.33. The van der Waals surface area contributed by atoms with Crippen LogP contribution < -0.4 is 0 Å². The molecule has 4 nitrogen and oxygen atoms in total. The molecule has 1 atom stereocenters. The van der Waals surface area contributed by atoms with Gasteiger partial charge in [-0.2, -0.15) is 0 Å². The molecule has 0 aromatic rings. The van der Waals surface area contributed by atoms with Crippen molar-refractivity contribution in [2.24, 2.45) is 11.3 Å². The van der Waals surface area contributed by atoms with E-state index in [-0.39, 0.29) is 23.2 Å². The minimum absolute atomic E-state index is 0.137. The molecule has 0 bridgehead atoms. The lowest BCUT2D eigenvalue weighted by molar-refractivity contribution is -0.149. The van der Waals surface area contributed by atoms with Crippen molar-refractivity contribution in [1.29, 1.82) is 0 Å². The van der Waals surface area contributed by atoms with Gasteiger partial charge in [-0.15, -0.1) is 0 Å². The Morgan fingerprint density at radius 1 is 1.33 bits per heavy atom. The van der Waals surface area contributed by atoms with E-state index in [0.29, 0.717) is 13.0 Å². The van der Waals surface area contributed by atoms with Crippen molar-refractivity contribution < 1.29 is 14.3 Å². The topological polar surface area (TPSA) is 46.6 Å². The van der Waals surface area contributed by atoms with Crippen molar-refractivity contribution in [3.8, 4) is 0 Å². The molecule has 0 unspecified atom stereocenters. The van der Waals surface area contributed by atoms with E-state index < -0.39 is 0 Å². The number of esters is 1. The van der Waals surface area contributed by atoms with Gasteiger partial charge in [-0.3, -0.25) is 9.59 Å². The quantitative estimate of drug-likeness (QED) is 0.726. The molecule has 1 aliphatic rings. The summed E-state index contributed by atoms with van der Waals surface area (Å²) in [6, 6.07) is 0. The minimum atomic E-state index is -0.191. The van der Waals surface area contributed by atoms with Crippen molar-refractivity contribution in [1.82, 2.24) is 4.90 Å². The van der Waals surface area contributed by atoms with Gasteiger partial charge in [-0.25, -0.2) is 0 Å². The van der Waals surface area contributed by atoms with Gasteiger partial charge in [0.05, 0.1) is 13.0 Å². The van der Waals surface area contributed by atoms with Gasteiger partial charge in [0.2, 0.25) is 5.91 Å². The maximum atomic E-state index is 12.1. The van der Waals surface area contributed by atoms with Gasteiger partial charge >= 0.3 is 5.97 Å². The number of nitrogens with zero attached hydrogens (tertiary/aromatic N) is 1. The number of carbonyl (C=O) groups excluding carboxylic acids is 2. The molecule has 1 heterocycles. The molecule has 0 saturated carbocycles. The summed E-state index contributed by atoms with van der Waals surface area (Å²) in [6.45, 7) is 7.70. The van der Waals surface area contributed by atoms with E-state index in [0.717, 1.165) is 25.8 Å². The zero-order valence-electron chi connectivity index (χ0n) is 12.0. The lowest BCUT2D eigenvalue weighted by atomic mass is 9.90. The zero-order chi connectivity index (χ0) is 13.8. The lowest BCUT2D eigenvalue weighted by Crippen LogP contribution is -2.42. The Morgan fingerprint density at radius 2 is 2.00 bits per heavy atom. The molecule has 0 N–H and O–H groups in total. The molecule has 4 heteroatoms. The van der Waals surface area contributed by atoms with Crippen LogP contribution >= 0.6 is 0 Å². The molecule has 1 fully saturated rings. The highest BCUT2D eigenvalue weighted by atomic mass is 16.5. The second kappa shape index (κ2) is 6.21. The number of amides is 1. The fourth-order valence-electron chi connectivity index (χ4n) is 2.20. The molecular weight excluding hydrogens is 230 g/mol. The maximum absolute atomic E-state index is 12.1. The van der Waals surface area contributed by atoms with Crippen molar-refractivity contribution in [2.45, 2.75) is 46.5 Å². The van der Waals surface area contributed by atoms with Crippen molar-refractivity contribution in [3.05, 3.63) is 0 Å². The van der Waals surface area contributed by atoms with E-state index in [2.05, 4.69) is 20.8 Å². The monoisotopic (exact) mass is 255 g/mol. The first-order valence-corrected chi connectivity index (χ1v) is 6.69. The molecule has 18 heavy (non-hydrogen) atoms. The van der Waals surface area contributed by atoms with Gasteiger partial charge in [-0.05, 0) is 24.7 Å². The third kappa shape index (κ3) is 4.67. The number of likely N-dealkylation sites (tertiary alicyclic amines) is 1. The first-order valence-electron chi connectivity index (χ1n) is 6.69. The van der Waals surface area contributed by atoms with E-state index in [1.54, 1.807) is 0 Å². The third-order valence-corrected chi connectivity index (χ3v) is 3.40. The molecule has 1 aliphatic heterocycles. The van der Waals surface area contributed by atoms with Crippen LogP contribution in [0.5, 0.6) is 0 Å². The van der Waals surface area contributed by atoms with Crippen LogP contribution in [0.15, 0.2) is 0 Å². The predicted molar refractivity (Wildman–Crippen MR) is 70.0 cm³/mol. The second-order valence-electron chi connectivity index (χ2n) is 6.26. The molecule has 1 amide bonds. The summed E-state index contributed by atoms with van der Waals surface area (Å²) in [5.41, 5.74) is 0.174.